The van der Waals surface area contributed by atoms with Crippen LogP contribution >= 0.6 is 0 Å². The molecule has 0 aromatic heterocycles. The predicted octanol–water partition coefficient (Wildman–Crippen LogP) is 2.58. The van der Waals surface area contributed by atoms with Gasteiger partial charge in [0.05, 0.1) is 0 Å². The molecule has 3 nitrogen and oxygen atoms in total. The van der Waals surface area contributed by atoms with Gasteiger partial charge in [0.2, 0.25) is 0 Å². The number of likely N-dealkylation sites (tertiary alicyclic amines) is 1. The van der Waals surface area contributed by atoms with E-state index < -0.39 is 0 Å². The lowest BCUT2D eigenvalue weighted by Crippen LogP contribution is -2.44. The van der Waals surface area contributed by atoms with Crippen molar-refractivity contribution in [3.63, 3.8) is 0 Å². The second-order valence-corrected chi connectivity index (χ2v) is 4.69. The van der Waals surface area contributed by atoms with Gasteiger partial charge in [-0.1, -0.05) is 36.4 Å². The van der Waals surface area contributed by atoms with Gasteiger partial charge < -0.3 is 10.2 Å². The molecule has 1 aliphatic heterocycles. The van der Waals surface area contributed by atoms with E-state index in [0.29, 0.717) is 18.4 Å². The zero-order chi connectivity index (χ0) is 12.8. The average Bonchev–Trinajstić information content (AvgIpc) is 2.46. The van der Waals surface area contributed by atoms with Crippen molar-refractivity contribution in [1.82, 2.24) is 10.2 Å². The fraction of sp³-hybridized carbons (Fsp3) is 0.400. The molecule has 0 unspecified atom stereocenters. The van der Waals surface area contributed by atoms with E-state index in [0.717, 1.165) is 25.9 Å². The quantitative estimate of drug-likeness (QED) is 0.486. The van der Waals surface area contributed by atoms with Crippen LogP contribution in [0, 0.1) is 5.41 Å². The molecule has 2 N–H and O–H groups in total. The second kappa shape index (κ2) is 6.24. The third-order valence-electron chi connectivity index (χ3n) is 3.50. The van der Waals surface area contributed by atoms with Gasteiger partial charge in [-0.3, -0.25) is 5.41 Å². The van der Waals surface area contributed by atoms with E-state index in [1.54, 1.807) is 6.08 Å². The third kappa shape index (κ3) is 3.13. The average molecular weight is 243 g/mol. The van der Waals surface area contributed by atoms with Crippen molar-refractivity contribution >= 4 is 5.96 Å². The molecule has 1 aliphatic rings. The standard InChI is InChI=1S/C15H21N3/c1-2-10-17-15(16)18-11-8-14(9-12-18)13-6-4-3-5-7-13/h2-7,14H,1,8-12H2,(H2,16,17). The molecule has 1 saturated heterocycles. The zero-order valence-corrected chi connectivity index (χ0v) is 10.7. The van der Waals surface area contributed by atoms with Gasteiger partial charge in [-0.2, -0.15) is 0 Å². The van der Waals surface area contributed by atoms with Crippen molar-refractivity contribution in [2.45, 2.75) is 18.8 Å². The highest BCUT2D eigenvalue weighted by molar-refractivity contribution is 5.76. The molecular formula is C15H21N3. The molecule has 1 fully saturated rings. The molecule has 1 aromatic rings. The Kier molecular flexibility index (Phi) is 4.40. The Morgan fingerprint density at radius 3 is 2.61 bits per heavy atom. The van der Waals surface area contributed by atoms with Crippen LogP contribution in [-0.4, -0.2) is 30.5 Å². The van der Waals surface area contributed by atoms with Gasteiger partial charge in [0.1, 0.15) is 0 Å². The third-order valence-corrected chi connectivity index (χ3v) is 3.50. The minimum absolute atomic E-state index is 0.529. The molecular weight excluding hydrogens is 222 g/mol. The van der Waals surface area contributed by atoms with Crippen LogP contribution in [0.2, 0.25) is 0 Å². The zero-order valence-electron chi connectivity index (χ0n) is 10.7. The lowest BCUT2D eigenvalue weighted by atomic mass is 9.90. The molecule has 1 heterocycles. The molecule has 0 saturated carbocycles. The monoisotopic (exact) mass is 243 g/mol. The van der Waals surface area contributed by atoms with Crippen LogP contribution in [0.25, 0.3) is 0 Å². The topological polar surface area (TPSA) is 39.1 Å². The molecule has 1 aromatic carbocycles. The summed E-state index contributed by atoms with van der Waals surface area (Å²) in [5.74, 6) is 1.18. The Labute approximate surface area is 109 Å². The molecule has 0 amide bonds. The van der Waals surface area contributed by atoms with Gasteiger partial charge in [-0.25, -0.2) is 0 Å². The first kappa shape index (κ1) is 12.7. The summed E-state index contributed by atoms with van der Waals surface area (Å²) in [6, 6.07) is 10.7. The lowest BCUT2D eigenvalue weighted by molar-refractivity contribution is 0.304. The molecule has 0 radical (unpaired) electrons. The summed E-state index contributed by atoms with van der Waals surface area (Å²) in [4.78, 5) is 2.11. The van der Waals surface area contributed by atoms with Crippen molar-refractivity contribution in [1.29, 1.82) is 5.41 Å². The maximum atomic E-state index is 7.92. The number of piperidine rings is 1. The van der Waals surface area contributed by atoms with Crippen LogP contribution in [0.15, 0.2) is 43.0 Å². The van der Waals surface area contributed by atoms with Gasteiger partial charge in [-0.15, -0.1) is 6.58 Å². The van der Waals surface area contributed by atoms with Gasteiger partial charge >= 0.3 is 0 Å². The Morgan fingerprint density at radius 2 is 2.00 bits per heavy atom. The fourth-order valence-electron chi connectivity index (χ4n) is 2.44. The van der Waals surface area contributed by atoms with Crippen LogP contribution < -0.4 is 5.32 Å². The number of nitrogens with zero attached hydrogens (tertiary/aromatic N) is 1. The molecule has 0 bridgehead atoms. The van der Waals surface area contributed by atoms with Crippen molar-refractivity contribution < 1.29 is 0 Å². The highest BCUT2D eigenvalue weighted by atomic mass is 15.3. The largest absolute Gasteiger partial charge is 0.353 e. The SMILES string of the molecule is C=CCNC(=N)N1CCC(c2ccccc2)CC1. The van der Waals surface area contributed by atoms with E-state index in [1.165, 1.54) is 5.56 Å². The normalized spacial score (nSPS) is 16.3. The minimum Gasteiger partial charge on any atom is -0.353 e. The number of benzene rings is 1. The number of hydrogen-bond donors (Lipinski definition) is 2. The van der Waals surface area contributed by atoms with Crippen LogP contribution in [0.3, 0.4) is 0 Å². The Balaban J connectivity index is 1.84. The molecule has 0 aliphatic carbocycles. The second-order valence-electron chi connectivity index (χ2n) is 4.69. The van der Waals surface area contributed by atoms with Crippen LogP contribution in [0.5, 0.6) is 0 Å². The Hall–Kier alpha value is -1.77. The van der Waals surface area contributed by atoms with E-state index in [4.69, 9.17) is 5.41 Å². The number of rotatable bonds is 3. The summed E-state index contributed by atoms with van der Waals surface area (Å²) >= 11 is 0. The fourth-order valence-corrected chi connectivity index (χ4v) is 2.44. The van der Waals surface area contributed by atoms with E-state index in [-0.39, 0.29) is 0 Å². The Morgan fingerprint density at radius 1 is 1.33 bits per heavy atom. The number of nitrogens with one attached hydrogen (secondary N) is 2. The first-order chi connectivity index (χ1) is 8.81. The smallest absolute Gasteiger partial charge is 0.191 e. The van der Waals surface area contributed by atoms with Crippen molar-refractivity contribution in [3.05, 3.63) is 48.6 Å². The molecule has 2 rings (SSSR count). The first-order valence-electron chi connectivity index (χ1n) is 6.54. The number of guanidine groups is 1. The molecule has 0 atom stereocenters. The molecule has 96 valence electrons. The minimum atomic E-state index is 0.529. The van der Waals surface area contributed by atoms with Crippen LogP contribution in [0.1, 0.15) is 24.3 Å². The molecule has 18 heavy (non-hydrogen) atoms. The van der Waals surface area contributed by atoms with Crippen LogP contribution in [0.4, 0.5) is 0 Å². The van der Waals surface area contributed by atoms with E-state index >= 15 is 0 Å². The molecule has 3 heteroatoms. The van der Waals surface area contributed by atoms with Crippen LogP contribution in [-0.2, 0) is 0 Å². The number of hydrogen-bond acceptors (Lipinski definition) is 1. The van der Waals surface area contributed by atoms with E-state index in [9.17, 15) is 0 Å². The summed E-state index contributed by atoms with van der Waals surface area (Å²) in [6.07, 6.45) is 4.04. The van der Waals surface area contributed by atoms with Gasteiger partial charge in [0.15, 0.2) is 5.96 Å². The highest BCUT2D eigenvalue weighted by Crippen LogP contribution is 2.27. The molecule has 0 spiro atoms. The van der Waals surface area contributed by atoms with E-state index in [2.05, 4.69) is 47.1 Å². The summed E-state index contributed by atoms with van der Waals surface area (Å²) in [5, 5.41) is 11.0. The van der Waals surface area contributed by atoms with E-state index in [1.807, 2.05) is 0 Å². The van der Waals surface area contributed by atoms with Crippen molar-refractivity contribution in [2.75, 3.05) is 19.6 Å². The van der Waals surface area contributed by atoms with Gasteiger partial charge in [0, 0.05) is 19.6 Å². The van der Waals surface area contributed by atoms with Crippen molar-refractivity contribution in [2.24, 2.45) is 0 Å². The summed E-state index contributed by atoms with van der Waals surface area (Å²) in [7, 11) is 0. The highest BCUT2D eigenvalue weighted by Gasteiger charge is 2.21. The summed E-state index contributed by atoms with van der Waals surface area (Å²) < 4.78 is 0. The van der Waals surface area contributed by atoms with Crippen molar-refractivity contribution in [3.8, 4) is 0 Å². The predicted molar refractivity (Wildman–Crippen MR) is 75.9 cm³/mol. The maximum absolute atomic E-state index is 7.92. The van der Waals surface area contributed by atoms with Gasteiger partial charge in [-0.05, 0) is 24.3 Å². The first-order valence-corrected chi connectivity index (χ1v) is 6.54. The lowest BCUT2D eigenvalue weighted by Gasteiger charge is -2.33. The Bertz CT molecular complexity index is 391. The van der Waals surface area contributed by atoms with Gasteiger partial charge in [0.25, 0.3) is 0 Å². The maximum Gasteiger partial charge on any atom is 0.191 e. The summed E-state index contributed by atoms with van der Waals surface area (Å²) in [6.45, 7) is 6.24. The summed E-state index contributed by atoms with van der Waals surface area (Å²) in [5.41, 5.74) is 1.43.